The first-order valence-corrected chi connectivity index (χ1v) is 10.7. The molecule has 1 aliphatic heterocycles. The molecule has 3 rings (SSSR count). The summed E-state index contributed by atoms with van der Waals surface area (Å²) in [5.74, 6) is 0.899. The highest BCUT2D eigenvalue weighted by Gasteiger charge is 2.34. The van der Waals surface area contributed by atoms with Crippen molar-refractivity contribution in [1.29, 1.82) is 0 Å². The third-order valence-corrected chi connectivity index (χ3v) is 5.88. The molecule has 29 heavy (non-hydrogen) atoms. The minimum atomic E-state index is -0.310. The molecule has 152 valence electrons. The van der Waals surface area contributed by atoms with Gasteiger partial charge in [-0.25, -0.2) is 0 Å². The molecule has 1 saturated heterocycles. The van der Waals surface area contributed by atoms with E-state index >= 15 is 0 Å². The van der Waals surface area contributed by atoms with Crippen LogP contribution in [0.2, 0.25) is 0 Å². The van der Waals surface area contributed by atoms with E-state index in [0.717, 1.165) is 26.5 Å². The third-order valence-electron chi connectivity index (χ3n) is 4.17. The molecular weight excluding hydrogens is 505 g/mol. The average Bonchev–Trinajstić information content (AvgIpc) is 2.98. The minimum absolute atomic E-state index is 0.242. The van der Waals surface area contributed by atoms with Crippen LogP contribution in [0.3, 0.4) is 0 Å². The number of benzene rings is 2. The van der Waals surface area contributed by atoms with Gasteiger partial charge in [0.1, 0.15) is 6.61 Å². The van der Waals surface area contributed by atoms with Gasteiger partial charge in [-0.1, -0.05) is 30.3 Å². The topological polar surface area (TPSA) is 65.1 Å². The molecule has 0 aliphatic carbocycles. The van der Waals surface area contributed by atoms with Crippen molar-refractivity contribution in [2.75, 3.05) is 27.4 Å². The van der Waals surface area contributed by atoms with E-state index in [1.54, 1.807) is 19.3 Å². The quantitative estimate of drug-likeness (QED) is 0.372. The Labute approximate surface area is 187 Å². The molecule has 2 aromatic carbocycles. The van der Waals surface area contributed by atoms with Crippen LogP contribution in [0.1, 0.15) is 11.1 Å². The molecule has 0 aromatic heterocycles. The van der Waals surface area contributed by atoms with Gasteiger partial charge < -0.3 is 14.2 Å². The third kappa shape index (κ3) is 5.31. The maximum Gasteiger partial charge on any atom is 0.293 e. The summed E-state index contributed by atoms with van der Waals surface area (Å²) in [5.41, 5.74) is 1.81. The summed E-state index contributed by atoms with van der Waals surface area (Å²) in [7, 11) is 3.10. The second kappa shape index (κ2) is 10.1. The van der Waals surface area contributed by atoms with Gasteiger partial charge in [0.15, 0.2) is 11.5 Å². The largest absolute Gasteiger partial charge is 0.493 e. The molecule has 0 bridgehead atoms. The first kappa shape index (κ1) is 21.7. The minimum Gasteiger partial charge on any atom is -0.493 e. The molecule has 1 fully saturated rings. The van der Waals surface area contributed by atoms with E-state index in [0.29, 0.717) is 29.6 Å². The summed E-state index contributed by atoms with van der Waals surface area (Å²) >= 11 is 3.10. The van der Waals surface area contributed by atoms with Gasteiger partial charge in [0, 0.05) is 7.11 Å². The number of imide groups is 1. The van der Waals surface area contributed by atoms with Gasteiger partial charge in [0.25, 0.3) is 11.1 Å². The van der Waals surface area contributed by atoms with Crippen LogP contribution in [-0.2, 0) is 16.1 Å². The monoisotopic (exact) mass is 525 g/mol. The number of thioether (sulfide) groups is 1. The average molecular weight is 525 g/mol. The van der Waals surface area contributed by atoms with Crippen LogP contribution in [0.15, 0.2) is 47.4 Å². The summed E-state index contributed by atoms with van der Waals surface area (Å²) in [4.78, 5) is 26.1. The second-order valence-electron chi connectivity index (χ2n) is 6.13. The fraction of sp³-hybridized carbons (Fsp3) is 0.238. The highest BCUT2D eigenvalue weighted by Crippen LogP contribution is 2.37. The van der Waals surface area contributed by atoms with Crippen LogP contribution in [0.25, 0.3) is 6.08 Å². The van der Waals surface area contributed by atoms with Crippen molar-refractivity contribution < 1.29 is 23.8 Å². The van der Waals surface area contributed by atoms with Crippen LogP contribution in [-0.4, -0.2) is 43.4 Å². The van der Waals surface area contributed by atoms with Crippen LogP contribution in [0, 0.1) is 3.57 Å². The molecule has 1 heterocycles. The number of amides is 2. The van der Waals surface area contributed by atoms with Crippen molar-refractivity contribution in [2.24, 2.45) is 0 Å². The number of halogens is 1. The van der Waals surface area contributed by atoms with E-state index in [-0.39, 0.29) is 17.7 Å². The predicted molar refractivity (Wildman–Crippen MR) is 121 cm³/mol. The highest BCUT2D eigenvalue weighted by atomic mass is 127. The Hall–Kier alpha value is -2.04. The summed E-state index contributed by atoms with van der Waals surface area (Å²) in [6.45, 7) is 0.973. The van der Waals surface area contributed by atoms with Crippen molar-refractivity contribution in [2.45, 2.75) is 6.61 Å². The fourth-order valence-electron chi connectivity index (χ4n) is 2.72. The molecule has 2 amide bonds. The van der Waals surface area contributed by atoms with Crippen LogP contribution in [0.4, 0.5) is 4.79 Å². The van der Waals surface area contributed by atoms with Gasteiger partial charge in [0.2, 0.25) is 0 Å². The van der Waals surface area contributed by atoms with Crippen molar-refractivity contribution in [3.05, 3.63) is 62.1 Å². The molecule has 0 atom stereocenters. The Morgan fingerprint density at radius 1 is 1.14 bits per heavy atom. The first-order valence-electron chi connectivity index (χ1n) is 8.82. The summed E-state index contributed by atoms with van der Waals surface area (Å²) in [6.07, 6.45) is 1.70. The van der Waals surface area contributed by atoms with Crippen LogP contribution in [0.5, 0.6) is 11.5 Å². The Kier molecular flexibility index (Phi) is 7.57. The second-order valence-corrected chi connectivity index (χ2v) is 8.29. The molecule has 2 aromatic rings. The molecule has 6 nitrogen and oxygen atoms in total. The number of ether oxygens (including phenoxy) is 3. The van der Waals surface area contributed by atoms with Crippen molar-refractivity contribution in [3.8, 4) is 11.5 Å². The number of nitrogens with zero attached hydrogens (tertiary/aromatic N) is 1. The number of hydrogen-bond acceptors (Lipinski definition) is 6. The summed E-state index contributed by atoms with van der Waals surface area (Å²) in [5, 5.41) is -0.289. The standard InChI is InChI=1S/C21H20INO5S/c1-26-9-8-23-20(24)18(29-21(23)25)12-15-10-16(22)19(17(11-15)27-2)28-13-14-6-4-3-5-7-14/h3-7,10-12H,8-9,13H2,1-2H3/b18-12+. The van der Waals surface area contributed by atoms with E-state index in [1.807, 2.05) is 36.4 Å². The zero-order valence-corrected chi connectivity index (χ0v) is 19.0. The molecule has 0 radical (unpaired) electrons. The molecule has 0 saturated carbocycles. The Bertz CT molecular complexity index is 932. The fourth-order valence-corrected chi connectivity index (χ4v) is 4.37. The zero-order chi connectivity index (χ0) is 20.8. The Morgan fingerprint density at radius 3 is 2.59 bits per heavy atom. The lowest BCUT2D eigenvalue weighted by molar-refractivity contribution is -0.123. The maximum atomic E-state index is 12.5. The van der Waals surface area contributed by atoms with Gasteiger partial charge in [-0.2, -0.15) is 0 Å². The normalized spacial score (nSPS) is 15.3. The number of methoxy groups -OCH3 is 2. The van der Waals surface area contributed by atoms with Gasteiger partial charge in [-0.15, -0.1) is 0 Å². The first-order chi connectivity index (χ1) is 14.0. The van der Waals surface area contributed by atoms with Crippen molar-refractivity contribution in [1.82, 2.24) is 4.90 Å². The van der Waals surface area contributed by atoms with Gasteiger partial charge in [-0.05, 0) is 63.7 Å². The lowest BCUT2D eigenvalue weighted by atomic mass is 10.1. The lowest BCUT2D eigenvalue weighted by Crippen LogP contribution is -2.31. The molecule has 8 heteroatoms. The molecular formula is C21H20INO5S. The maximum absolute atomic E-state index is 12.5. The van der Waals surface area contributed by atoms with E-state index in [4.69, 9.17) is 14.2 Å². The smallest absolute Gasteiger partial charge is 0.293 e. The Balaban J connectivity index is 1.80. The molecule has 0 N–H and O–H groups in total. The van der Waals surface area contributed by atoms with Crippen LogP contribution >= 0.6 is 34.4 Å². The van der Waals surface area contributed by atoms with Gasteiger partial charge >= 0.3 is 0 Å². The number of carbonyl (C=O) groups is 2. The van der Waals surface area contributed by atoms with E-state index in [1.165, 1.54) is 12.0 Å². The van der Waals surface area contributed by atoms with Crippen molar-refractivity contribution >= 4 is 51.6 Å². The molecule has 0 unspecified atom stereocenters. The van der Waals surface area contributed by atoms with E-state index < -0.39 is 0 Å². The van der Waals surface area contributed by atoms with Crippen molar-refractivity contribution in [3.63, 3.8) is 0 Å². The SMILES string of the molecule is COCCN1C(=O)S/C(=C/c2cc(I)c(OCc3ccccc3)c(OC)c2)C1=O. The van der Waals surface area contributed by atoms with Gasteiger partial charge in [0.05, 0.1) is 28.7 Å². The zero-order valence-electron chi connectivity index (χ0n) is 16.0. The lowest BCUT2D eigenvalue weighted by Gasteiger charge is -2.14. The highest BCUT2D eigenvalue weighted by molar-refractivity contribution is 14.1. The van der Waals surface area contributed by atoms with E-state index in [2.05, 4.69) is 22.6 Å². The number of carbonyl (C=O) groups excluding carboxylic acids is 2. The number of hydrogen-bond donors (Lipinski definition) is 0. The number of rotatable bonds is 8. The molecule has 0 spiro atoms. The van der Waals surface area contributed by atoms with Gasteiger partial charge in [-0.3, -0.25) is 14.5 Å². The summed E-state index contributed by atoms with van der Waals surface area (Å²) in [6, 6.07) is 13.6. The summed E-state index contributed by atoms with van der Waals surface area (Å²) < 4.78 is 17.3. The van der Waals surface area contributed by atoms with E-state index in [9.17, 15) is 9.59 Å². The predicted octanol–water partition coefficient (Wildman–Crippen LogP) is 4.56. The van der Waals surface area contributed by atoms with Crippen LogP contribution < -0.4 is 9.47 Å². The molecule has 1 aliphatic rings. The Morgan fingerprint density at radius 2 is 1.90 bits per heavy atom.